The molecule has 2 rings (SSSR count). The fourth-order valence-corrected chi connectivity index (χ4v) is 1.81. The maximum atomic E-state index is 13.2. The third-order valence-electron chi connectivity index (χ3n) is 2.68. The first-order valence-electron chi connectivity index (χ1n) is 5.10. The van der Waals surface area contributed by atoms with E-state index in [-0.39, 0.29) is 11.6 Å². The second-order valence-corrected chi connectivity index (χ2v) is 3.92. The van der Waals surface area contributed by atoms with Crippen molar-refractivity contribution in [2.45, 2.75) is 13.8 Å². The fraction of sp³-hybridized carbons (Fsp3) is 0.143. The number of halogens is 2. The van der Waals surface area contributed by atoms with Crippen LogP contribution in [0.15, 0.2) is 36.4 Å². The Bertz CT molecular complexity index is 530. The normalized spacial score (nSPS) is 10.5. The Morgan fingerprint density at radius 1 is 0.688 bits per heavy atom. The van der Waals surface area contributed by atoms with Crippen LogP contribution in [0.3, 0.4) is 0 Å². The van der Waals surface area contributed by atoms with Crippen LogP contribution < -0.4 is 0 Å². The van der Waals surface area contributed by atoms with Crippen LogP contribution in [-0.4, -0.2) is 0 Å². The highest BCUT2D eigenvalue weighted by molar-refractivity contribution is 5.70. The van der Waals surface area contributed by atoms with Gasteiger partial charge in [-0.2, -0.15) is 0 Å². The summed E-state index contributed by atoms with van der Waals surface area (Å²) in [6, 6.07) is 9.18. The summed E-state index contributed by atoms with van der Waals surface area (Å²) in [6.45, 7) is 3.74. The van der Waals surface area contributed by atoms with Crippen LogP contribution in [0.5, 0.6) is 0 Å². The first kappa shape index (κ1) is 10.8. The highest BCUT2D eigenvalue weighted by Crippen LogP contribution is 2.27. The number of hydrogen-bond donors (Lipinski definition) is 0. The maximum Gasteiger partial charge on any atom is 0.123 e. The van der Waals surface area contributed by atoms with Gasteiger partial charge in [0.2, 0.25) is 0 Å². The summed E-state index contributed by atoms with van der Waals surface area (Å²) < 4.78 is 26.1. The first-order chi connectivity index (χ1) is 7.58. The van der Waals surface area contributed by atoms with E-state index in [1.165, 1.54) is 24.3 Å². The lowest BCUT2D eigenvalue weighted by Gasteiger charge is -2.09. The molecule has 0 saturated heterocycles. The van der Waals surface area contributed by atoms with Crippen LogP contribution in [0.1, 0.15) is 11.1 Å². The molecule has 0 N–H and O–H groups in total. The lowest BCUT2D eigenvalue weighted by Crippen LogP contribution is -1.89. The molecule has 0 amide bonds. The summed E-state index contributed by atoms with van der Waals surface area (Å²) in [4.78, 5) is 0. The average molecular weight is 218 g/mol. The number of aryl methyl sites for hydroxylation is 2. The van der Waals surface area contributed by atoms with Gasteiger partial charge in [0.1, 0.15) is 11.6 Å². The van der Waals surface area contributed by atoms with Gasteiger partial charge in [-0.3, -0.25) is 0 Å². The molecule has 2 heteroatoms. The van der Waals surface area contributed by atoms with Gasteiger partial charge in [-0.25, -0.2) is 8.78 Å². The molecule has 2 aromatic carbocycles. The van der Waals surface area contributed by atoms with Gasteiger partial charge in [-0.05, 0) is 60.4 Å². The minimum absolute atomic E-state index is 0.268. The zero-order valence-electron chi connectivity index (χ0n) is 9.22. The molecule has 0 radical (unpaired) electrons. The predicted molar refractivity (Wildman–Crippen MR) is 61.3 cm³/mol. The van der Waals surface area contributed by atoms with Crippen molar-refractivity contribution in [2.75, 3.05) is 0 Å². The number of rotatable bonds is 1. The molecule has 0 heterocycles. The molecule has 0 aliphatic carbocycles. The van der Waals surface area contributed by atoms with E-state index in [9.17, 15) is 8.78 Å². The summed E-state index contributed by atoms with van der Waals surface area (Å²) in [5.74, 6) is -0.542. The zero-order valence-corrected chi connectivity index (χ0v) is 9.22. The average Bonchev–Trinajstić information content (AvgIpc) is 2.22. The molecule has 0 unspecified atom stereocenters. The van der Waals surface area contributed by atoms with Crippen molar-refractivity contribution < 1.29 is 8.78 Å². The Hall–Kier alpha value is -1.70. The minimum Gasteiger partial charge on any atom is -0.207 e. The Morgan fingerprint density at radius 2 is 1.31 bits per heavy atom. The second kappa shape index (κ2) is 4.05. The van der Waals surface area contributed by atoms with Gasteiger partial charge in [0.25, 0.3) is 0 Å². The van der Waals surface area contributed by atoms with Gasteiger partial charge in [0, 0.05) is 0 Å². The van der Waals surface area contributed by atoms with Crippen molar-refractivity contribution in [3.8, 4) is 11.1 Å². The zero-order chi connectivity index (χ0) is 11.7. The van der Waals surface area contributed by atoms with Gasteiger partial charge in [0.05, 0.1) is 0 Å². The Kier molecular flexibility index (Phi) is 2.73. The van der Waals surface area contributed by atoms with Crippen molar-refractivity contribution in [3.05, 3.63) is 59.2 Å². The first-order valence-corrected chi connectivity index (χ1v) is 5.10. The largest absolute Gasteiger partial charge is 0.207 e. The SMILES string of the molecule is Cc1cc(F)ccc1-c1cc(F)ccc1C. The van der Waals surface area contributed by atoms with Gasteiger partial charge in [0.15, 0.2) is 0 Å². The molecule has 0 aromatic heterocycles. The van der Waals surface area contributed by atoms with Gasteiger partial charge in [-0.15, -0.1) is 0 Å². The molecular weight excluding hydrogens is 206 g/mol. The van der Waals surface area contributed by atoms with Crippen molar-refractivity contribution in [3.63, 3.8) is 0 Å². The third-order valence-corrected chi connectivity index (χ3v) is 2.68. The second-order valence-electron chi connectivity index (χ2n) is 3.92. The van der Waals surface area contributed by atoms with Crippen molar-refractivity contribution in [1.82, 2.24) is 0 Å². The smallest absolute Gasteiger partial charge is 0.123 e. The molecule has 0 atom stereocenters. The predicted octanol–water partition coefficient (Wildman–Crippen LogP) is 4.25. The van der Waals surface area contributed by atoms with E-state index >= 15 is 0 Å². The van der Waals surface area contributed by atoms with E-state index in [0.29, 0.717) is 0 Å². The van der Waals surface area contributed by atoms with Crippen molar-refractivity contribution in [2.24, 2.45) is 0 Å². The lowest BCUT2D eigenvalue weighted by atomic mass is 9.96. The number of hydrogen-bond acceptors (Lipinski definition) is 0. The number of benzene rings is 2. The van der Waals surface area contributed by atoms with E-state index in [1.54, 1.807) is 12.1 Å². The standard InChI is InChI=1S/C14H12F2/c1-9-3-4-12(16)8-14(9)13-6-5-11(15)7-10(13)2/h3-8H,1-2H3. The van der Waals surface area contributed by atoms with E-state index in [4.69, 9.17) is 0 Å². The molecule has 2 aromatic rings. The summed E-state index contributed by atoms with van der Waals surface area (Å²) in [7, 11) is 0. The van der Waals surface area contributed by atoms with E-state index in [1.807, 2.05) is 13.8 Å². The topological polar surface area (TPSA) is 0 Å². The summed E-state index contributed by atoms with van der Waals surface area (Å²) in [6.07, 6.45) is 0. The van der Waals surface area contributed by atoms with Crippen LogP contribution in [0.2, 0.25) is 0 Å². The third kappa shape index (κ3) is 1.96. The molecular formula is C14H12F2. The van der Waals surface area contributed by atoms with Crippen LogP contribution in [0.4, 0.5) is 8.78 Å². The van der Waals surface area contributed by atoms with Gasteiger partial charge < -0.3 is 0 Å². The van der Waals surface area contributed by atoms with E-state index in [2.05, 4.69) is 0 Å². The Labute approximate surface area is 93.5 Å². The molecule has 0 nitrogen and oxygen atoms in total. The summed E-state index contributed by atoms with van der Waals surface area (Å²) >= 11 is 0. The molecule has 0 aliphatic rings. The van der Waals surface area contributed by atoms with Crippen LogP contribution in [0, 0.1) is 25.5 Å². The van der Waals surface area contributed by atoms with E-state index in [0.717, 1.165) is 22.3 Å². The maximum absolute atomic E-state index is 13.2. The molecule has 16 heavy (non-hydrogen) atoms. The lowest BCUT2D eigenvalue weighted by molar-refractivity contribution is 0.626. The fourth-order valence-electron chi connectivity index (χ4n) is 1.81. The molecule has 82 valence electrons. The quantitative estimate of drug-likeness (QED) is 0.671. The van der Waals surface area contributed by atoms with Crippen molar-refractivity contribution >= 4 is 0 Å². The Morgan fingerprint density at radius 3 is 2.00 bits per heavy atom. The molecule has 0 bridgehead atoms. The van der Waals surface area contributed by atoms with Crippen LogP contribution >= 0.6 is 0 Å². The monoisotopic (exact) mass is 218 g/mol. The molecule has 0 spiro atoms. The van der Waals surface area contributed by atoms with Crippen LogP contribution in [-0.2, 0) is 0 Å². The van der Waals surface area contributed by atoms with Gasteiger partial charge in [-0.1, -0.05) is 12.1 Å². The molecule has 0 saturated carbocycles. The van der Waals surface area contributed by atoms with Crippen LogP contribution in [0.25, 0.3) is 11.1 Å². The van der Waals surface area contributed by atoms with Crippen molar-refractivity contribution in [1.29, 1.82) is 0 Å². The highest BCUT2D eigenvalue weighted by atomic mass is 19.1. The van der Waals surface area contributed by atoms with Gasteiger partial charge >= 0.3 is 0 Å². The summed E-state index contributed by atoms with van der Waals surface area (Å²) in [5.41, 5.74) is 3.49. The molecule has 0 fully saturated rings. The molecule has 0 aliphatic heterocycles. The van der Waals surface area contributed by atoms with E-state index < -0.39 is 0 Å². The Balaban J connectivity index is 2.62. The highest BCUT2D eigenvalue weighted by Gasteiger charge is 2.07. The summed E-state index contributed by atoms with van der Waals surface area (Å²) in [5, 5.41) is 0. The minimum atomic E-state index is -0.274.